The van der Waals surface area contributed by atoms with Gasteiger partial charge in [-0.3, -0.25) is 28.5 Å². The Morgan fingerprint density at radius 2 is 1.81 bits per heavy atom. The minimum atomic E-state index is -4.95. The number of aryl methyl sites for hydroxylation is 2. The molecule has 0 radical (unpaired) electrons. The van der Waals surface area contributed by atoms with Crippen LogP contribution in [-0.2, 0) is 42.2 Å². The number of fused-ring (bicyclic) bond motifs is 1. The summed E-state index contributed by atoms with van der Waals surface area (Å²) in [4.78, 5) is 48.7. The largest absolute Gasteiger partial charge is 0.494 e. The lowest BCUT2D eigenvalue weighted by atomic mass is 10.0. The van der Waals surface area contributed by atoms with Crippen molar-refractivity contribution in [3.8, 4) is 11.4 Å². The van der Waals surface area contributed by atoms with Crippen LogP contribution in [0.5, 0.6) is 5.75 Å². The summed E-state index contributed by atoms with van der Waals surface area (Å²) in [6.07, 6.45) is -4.50. The summed E-state index contributed by atoms with van der Waals surface area (Å²) in [7, 11) is 1.70. The second-order valence-corrected chi connectivity index (χ2v) is 11.7. The maximum atomic E-state index is 14.3. The Kier molecular flexibility index (Phi) is 9.74. The minimum Gasteiger partial charge on any atom is -0.494 e. The van der Waals surface area contributed by atoms with Gasteiger partial charge < -0.3 is 9.64 Å². The zero-order valence-electron chi connectivity index (χ0n) is 27.3. The van der Waals surface area contributed by atoms with E-state index in [1.54, 1.807) is 55.9 Å². The Morgan fingerprint density at radius 1 is 1.10 bits per heavy atom. The first-order chi connectivity index (χ1) is 22.7. The fraction of sp³-hybridized carbons (Fsp3) is 0.382. The number of nitrogens with zero attached hydrogens (tertiary/aromatic N) is 6. The quantitative estimate of drug-likeness (QED) is 0.220. The Morgan fingerprint density at radius 3 is 2.42 bits per heavy atom. The van der Waals surface area contributed by atoms with Gasteiger partial charge in [0.2, 0.25) is 11.8 Å². The van der Waals surface area contributed by atoms with Crippen LogP contribution in [0.25, 0.3) is 5.69 Å². The van der Waals surface area contributed by atoms with Gasteiger partial charge in [0, 0.05) is 20.5 Å². The molecule has 0 fully saturated rings. The number of ether oxygens (including phenoxy) is 1. The van der Waals surface area contributed by atoms with E-state index in [0.29, 0.717) is 66.5 Å². The van der Waals surface area contributed by atoms with Gasteiger partial charge in [0.25, 0.3) is 5.56 Å². The fourth-order valence-corrected chi connectivity index (χ4v) is 5.96. The maximum absolute atomic E-state index is 14.3. The first kappa shape index (κ1) is 34.3. The van der Waals surface area contributed by atoms with Gasteiger partial charge in [-0.1, -0.05) is 6.07 Å². The molecule has 10 nitrogen and oxygen atoms in total. The van der Waals surface area contributed by atoms with Crippen LogP contribution in [0.15, 0.2) is 53.3 Å². The van der Waals surface area contributed by atoms with E-state index < -0.39 is 41.5 Å². The third-order valence-electron chi connectivity index (χ3n) is 8.32. The lowest BCUT2D eigenvalue weighted by Crippen LogP contribution is -2.42. The fourth-order valence-electron chi connectivity index (χ4n) is 5.96. The van der Waals surface area contributed by atoms with E-state index >= 15 is 0 Å². The van der Waals surface area contributed by atoms with E-state index in [1.165, 1.54) is 21.3 Å². The molecule has 4 aromatic rings. The average molecular weight is 669 g/mol. The van der Waals surface area contributed by atoms with Crippen molar-refractivity contribution in [2.45, 2.75) is 65.7 Å². The highest BCUT2D eigenvalue weighted by Crippen LogP contribution is 2.33. The molecule has 1 aliphatic rings. The van der Waals surface area contributed by atoms with Crippen molar-refractivity contribution in [3.63, 3.8) is 0 Å². The lowest BCUT2D eigenvalue weighted by molar-refractivity contribution is -0.140. The average Bonchev–Trinajstić information content (AvgIpc) is 3.35. The molecule has 3 heterocycles. The van der Waals surface area contributed by atoms with Crippen LogP contribution in [0.4, 0.5) is 23.4 Å². The second-order valence-electron chi connectivity index (χ2n) is 11.7. The Bertz CT molecular complexity index is 1900. The van der Waals surface area contributed by atoms with Gasteiger partial charge in [0.1, 0.15) is 23.2 Å². The van der Waals surface area contributed by atoms with Gasteiger partial charge in [0.15, 0.2) is 0 Å². The first-order valence-electron chi connectivity index (χ1n) is 15.5. The van der Waals surface area contributed by atoms with Gasteiger partial charge in [0.05, 0.1) is 53.8 Å². The number of amides is 2. The zero-order valence-corrected chi connectivity index (χ0v) is 27.3. The molecule has 2 aromatic carbocycles. The normalized spacial score (nSPS) is 13.6. The monoisotopic (exact) mass is 668 g/mol. The molecule has 2 aromatic heterocycles. The molecule has 2 amide bonds. The molecule has 1 aliphatic heterocycles. The molecule has 14 heteroatoms. The van der Waals surface area contributed by atoms with Gasteiger partial charge in [-0.05, 0) is 81.6 Å². The number of carbonyl (C=O) groups excluding carboxylic acids is 2. The molecule has 48 heavy (non-hydrogen) atoms. The summed E-state index contributed by atoms with van der Waals surface area (Å²) >= 11 is 0. The van der Waals surface area contributed by atoms with Crippen LogP contribution in [0.3, 0.4) is 0 Å². The third-order valence-corrected chi connectivity index (χ3v) is 8.32. The molecule has 0 N–H and O–H groups in total. The number of hydrogen-bond donors (Lipinski definition) is 0. The molecule has 0 spiro atoms. The number of carbonyl (C=O) groups is 2. The van der Waals surface area contributed by atoms with Gasteiger partial charge >= 0.3 is 6.18 Å². The summed E-state index contributed by atoms with van der Waals surface area (Å²) in [5, 5.41) is 4.36. The summed E-state index contributed by atoms with van der Waals surface area (Å²) < 4.78 is 63.2. The molecule has 5 rings (SSSR count). The van der Waals surface area contributed by atoms with Crippen molar-refractivity contribution >= 4 is 17.6 Å². The number of benzene rings is 2. The number of hydrogen-bond acceptors (Lipinski definition) is 6. The molecule has 0 saturated carbocycles. The van der Waals surface area contributed by atoms with Crippen molar-refractivity contribution in [2.24, 2.45) is 7.05 Å². The summed E-state index contributed by atoms with van der Waals surface area (Å²) in [6, 6.07) is 10.1. The van der Waals surface area contributed by atoms with E-state index in [2.05, 4.69) is 5.10 Å². The van der Waals surface area contributed by atoms with Crippen LogP contribution in [0.1, 0.15) is 67.1 Å². The summed E-state index contributed by atoms with van der Waals surface area (Å²) in [6.45, 7) is 7.42. The van der Waals surface area contributed by atoms with E-state index in [1.807, 2.05) is 6.92 Å². The van der Waals surface area contributed by atoms with Crippen LogP contribution < -0.4 is 15.2 Å². The number of alkyl halides is 3. The van der Waals surface area contributed by atoms with Gasteiger partial charge in [-0.2, -0.15) is 18.3 Å². The number of halogens is 4. The van der Waals surface area contributed by atoms with Crippen molar-refractivity contribution < 1.29 is 31.9 Å². The molecule has 0 saturated heterocycles. The molecule has 0 aliphatic carbocycles. The van der Waals surface area contributed by atoms with Crippen molar-refractivity contribution in [3.05, 3.63) is 98.6 Å². The van der Waals surface area contributed by atoms with Crippen molar-refractivity contribution in [1.82, 2.24) is 24.2 Å². The molecule has 0 unspecified atom stereocenters. The Balaban J connectivity index is 1.67. The van der Waals surface area contributed by atoms with Crippen LogP contribution in [0, 0.1) is 12.7 Å². The predicted molar refractivity (Wildman–Crippen MR) is 169 cm³/mol. The predicted octanol–water partition coefficient (Wildman–Crippen LogP) is 5.46. The van der Waals surface area contributed by atoms with E-state index in [4.69, 9.17) is 9.72 Å². The van der Waals surface area contributed by atoms with Gasteiger partial charge in [-0.15, -0.1) is 0 Å². The molecule has 0 bridgehead atoms. The molecular formula is C34H36F4N6O4. The van der Waals surface area contributed by atoms with E-state index in [-0.39, 0.29) is 29.7 Å². The van der Waals surface area contributed by atoms with Crippen LogP contribution in [0.2, 0.25) is 0 Å². The first-order valence-corrected chi connectivity index (χ1v) is 15.5. The lowest BCUT2D eigenvalue weighted by Gasteiger charge is -2.33. The molecule has 254 valence electrons. The Hall–Kier alpha value is -5.01. The highest BCUT2D eigenvalue weighted by Gasteiger charge is 2.35. The standard InChI is InChI=1S/C34H36F4N6O4/c1-6-48-26-12-10-24(11-13-26)44-31(39-32-27(33(44)47)8-7-15-42(32)22(4)45)21(3)43(19-25-16-20(2)40-41(25)5)30(46)18-23-9-14-29(35)28(17-23)34(36,37)38/h9-14,16-17,21H,6-8,15,18-19H2,1-5H3/t21-/m1/s1. The number of aromatic nitrogens is 4. The summed E-state index contributed by atoms with van der Waals surface area (Å²) in [5.41, 5.74) is 0.160. The number of rotatable bonds is 9. The minimum absolute atomic E-state index is 0.0443. The van der Waals surface area contributed by atoms with Crippen molar-refractivity contribution in [2.75, 3.05) is 18.1 Å². The van der Waals surface area contributed by atoms with Crippen LogP contribution in [-0.4, -0.2) is 49.2 Å². The molecular weight excluding hydrogens is 632 g/mol. The summed E-state index contributed by atoms with van der Waals surface area (Å²) in [5.74, 6) is -1.41. The number of anilines is 1. The zero-order chi connectivity index (χ0) is 34.9. The van der Waals surface area contributed by atoms with Gasteiger partial charge in [-0.25, -0.2) is 9.37 Å². The van der Waals surface area contributed by atoms with Crippen LogP contribution >= 0.6 is 0 Å². The SMILES string of the molecule is CCOc1ccc(-n2c([C@@H](C)N(Cc3cc(C)nn3C)C(=O)Cc3ccc(F)c(C(F)(F)F)c3)nc3c(c2=O)CCCN3C(C)=O)cc1. The molecule has 1 atom stereocenters. The van der Waals surface area contributed by atoms with E-state index in [0.717, 1.165) is 6.07 Å². The Labute approximate surface area is 274 Å². The topological polar surface area (TPSA) is 103 Å². The highest BCUT2D eigenvalue weighted by molar-refractivity contribution is 5.91. The van der Waals surface area contributed by atoms with Crippen molar-refractivity contribution in [1.29, 1.82) is 0 Å². The maximum Gasteiger partial charge on any atom is 0.419 e. The van der Waals surface area contributed by atoms with E-state index in [9.17, 15) is 31.9 Å². The second kappa shape index (κ2) is 13.6. The highest BCUT2D eigenvalue weighted by atomic mass is 19.4. The smallest absolute Gasteiger partial charge is 0.419 e. The third kappa shape index (κ3) is 6.97.